The first kappa shape index (κ1) is 14.7. The van der Waals surface area contributed by atoms with Gasteiger partial charge in [0.15, 0.2) is 5.78 Å². The SMILES string of the molecule is N#CCC(=O)Nc1ccc(C(=O)/C=C/c2cccs2)cc1. The molecule has 2 rings (SSSR count). The minimum atomic E-state index is -0.367. The fourth-order valence-corrected chi connectivity index (χ4v) is 2.25. The van der Waals surface area contributed by atoms with E-state index >= 15 is 0 Å². The summed E-state index contributed by atoms with van der Waals surface area (Å²) in [6.07, 6.45) is 3.11. The number of amides is 1. The van der Waals surface area contributed by atoms with Crippen LogP contribution in [0.4, 0.5) is 5.69 Å². The number of benzene rings is 1. The van der Waals surface area contributed by atoms with Gasteiger partial charge in [-0.15, -0.1) is 11.3 Å². The van der Waals surface area contributed by atoms with Crippen molar-refractivity contribution in [3.63, 3.8) is 0 Å². The fraction of sp³-hybridized carbons (Fsp3) is 0.0625. The van der Waals surface area contributed by atoms with Crippen LogP contribution >= 0.6 is 11.3 Å². The number of rotatable bonds is 5. The van der Waals surface area contributed by atoms with E-state index in [4.69, 9.17) is 5.26 Å². The molecule has 0 bridgehead atoms. The Hall–Kier alpha value is -2.71. The van der Waals surface area contributed by atoms with Crippen molar-refractivity contribution in [1.82, 2.24) is 0 Å². The lowest BCUT2D eigenvalue weighted by atomic mass is 10.1. The number of hydrogen-bond donors (Lipinski definition) is 1. The molecule has 1 amide bonds. The number of anilines is 1. The van der Waals surface area contributed by atoms with Gasteiger partial charge >= 0.3 is 0 Å². The van der Waals surface area contributed by atoms with Crippen LogP contribution in [0, 0.1) is 11.3 Å². The van der Waals surface area contributed by atoms with Crippen LogP contribution < -0.4 is 5.32 Å². The maximum Gasteiger partial charge on any atom is 0.238 e. The second-order valence-corrected chi connectivity index (χ2v) is 5.15. The third-order valence-corrected chi connectivity index (χ3v) is 3.47. The van der Waals surface area contributed by atoms with Gasteiger partial charge in [-0.25, -0.2) is 0 Å². The van der Waals surface area contributed by atoms with Gasteiger partial charge in [0.05, 0.1) is 6.07 Å². The quantitative estimate of drug-likeness (QED) is 0.678. The molecule has 0 atom stereocenters. The molecule has 2 aromatic rings. The Labute approximate surface area is 126 Å². The van der Waals surface area contributed by atoms with Gasteiger partial charge in [0, 0.05) is 16.1 Å². The van der Waals surface area contributed by atoms with E-state index in [0.717, 1.165) is 4.88 Å². The molecule has 1 heterocycles. The predicted octanol–water partition coefficient (Wildman–Crippen LogP) is 3.50. The van der Waals surface area contributed by atoms with E-state index in [-0.39, 0.29) is 18.1 Å². The zero-order valence-corrected chi connectivity index (χ0v) is 11.9. The van der Waals surface area contributed by atoms with E-state index in [1.54, 1.807) is 47.7 Å². The van der Waals surface area contributed by atoms with Crippen LogP contribution in [0.5, 0.6) is 0 Å². The third kappa shape index (κ3) is 4.41. The molecular formula is C16H12N2O2S. The Kier molecular flexibility index (Phi) is 5.02. The normalized spacial score (nSPS) is 10.2. The number of thiophene rings is 1. The topological polar surface area (TPSA) is 70.0 Å². The third-order valence-electron chi connectivity index (χ3n) is 2.63. The van der Waals surface area contributed by atoms with Gasteiger partial charge in [-0.05, 0) is 47.9 Å². The highest BCUT2D eigenvalue weighted by molar-refractivity contribution is 7.10. The lowest BCUT2D eigenvalue weighted by molar-refractivity contribution is -0.115. The van der Waals surface area contributed by atoms with E-state index in [0.29, 0.717) is 11.3 Å². The summed E-state index contributed by atoms with van der Waals surface area (Å²) in [5, 5.41) is 12.9. The number of allylic oxidation sites excluding steroid dienone is 1. The second-order valence-electron chi connectivity index (χ2n) is 4.17. The summed E-state index contributed by atoms with van der Waals surface area (Å²) in [5.41, 5.74) is 1.11. The van der Waals surface area contributed by atoms with Gasteiger partial charge < -0.3 is 5.32 Å². The minimum absolute atomic E-state index is 0.0988. The molecule has 21 heavy (non-hydrogen) atoms. The van der Waals surface area contributed by atoms with Crippen molar-refractivity contribution in [3.8, 4) is 6.07 Å². The molecule has 0 aliphatic rings. The first-order chi connectivity index (χ1) is 10.2. The Bertz CT molecular complexity index is 695. The Morgan fingerprint density at radius 3 is 2.62 bits per heavy atom. The van der Waals surface area contributed by atoms with Gasteiger partial charge in [-0.2, -0.15) is 5.26 Å². The van der Waals surface area contributed by atoms with Crippen LogP contribution in [0.2, 0.25) is 0 Å². The highest BCUT2D eigenvalue weighted by atomic mass is 32.1. The molecular weight excluding hydrogens is 284 g/mol. The van der Waals surface area contributed by atoms with Crippen molar-refractivity contribution in [1.29, 1.82) is 5.26 Å². The van der Waals surface area contributed by atoms with E-state index < -0.39 is 0 Å². The van der Waals surface area contributed by atoms with Gasteiger partial charge in [-0.1, -0.05) is 6.07 Å². The number of carbonyl (C=O) groups is 2. The van der Waals surface area contributed by atoms with Gasteiger partial charge in [0.25, 0.3) is 0 Å². The average molecular weight is 296 g/mol. The molecule has 0 unspecified atom stereocenters. The number of nitrogens with one attached hydrogen (secondary N) is 1. The van der Waals surface area contributed by atoms with Crippen LogP contribution in [0.1, 0.15) is 21.7 Å². The van der Waals surface area contributed by atoms with Crippen LogP contribution in [0.25, 0.3) is 6.08 Å². The molecule has 104 valence electrons. The smallest absolute Gasteiger partial charge is 0.238 e. The van der Waals surface area contributed by atoms with Crippen LogP contribution in [-0.4, -0.2) is 11.7 Å². The summed E-state index contributed by atoms with van der Waals surface area (Å²) in [7, 11) is 0. The van der Waals surface area contributed by atoms with Crippen molar-refractivity contribution in [2.75, 3.05) is 5.32 Å². The van der Waals surface area contributed by atoms with E-state index in [1.807, 2.05) is 17.5 Å². The standard InChI is InChI=1S/C16H12N2O2S/c17-10-9-16(20)18-13-5-3-12(4-6-13)15(19)8-7-14-2-1-11-21-14/h1-8,11H,9H2,(H,18,20)/b8-7+. The first-order valence-corrected chi connectivity index (χ1v) is 7.10. The average Bonchev–Trinajstić information content (AvgIpc) is 2.99. The monoisotopic (exact) mass is 296 g/mol. The molecule has 0 aliphatic heterocycles. The number of carbonyl (C=O) groups excluding carboxylic acids is 2. The predicted molar refractivity (Wildman–Crippen MR) is 83.0 cm³/mol. The maximum absolute atomic E-state index is 12.0. The second kappa shape index (κ2) is 7.17. The van der Waals surface area contributed by atoms with Crippen LogP contribution in [-0.2, 0) is 4.79 Å². The van der Waals surface area contributed by atoms with Crippen LogP contribution in [0.15, 0.2) is 47.9 Å². The summed E-state index contributed by atoms with van der Waals surface area (Å²) in [4.78, 5) is 24.2. The molecule has 0 saturated carbocycles. The fourth-order valence-electron chi connectivity index (χ4n) is 1.63. The molecule has 0 spiro atoms. The van der Waals surface area contributed by atoms with Crippen molar-refractivity contribution in [3.05, 3.63) is 58.3 Å². The summed E-state index contributed by atoms with van der Waals surface area (Å²) in [6.45, 7) is 0. The molecule has 0 radical (unpaired) electrons. The summed E-state index contributed by atoms with van der Waals surface area (Å²) < 4.78 is 0. The molecule has 0 fully saturated rings. The largest absolute Gasteiger partial charge is 0.325 e. The van der Waals surface area contributed by atoms with Gasteiger partial charge in [0.2, 0.25) is 5.91 Å². The van der Waals surface area contributed by atoms with Crippen LogP contribution in [0.3, 0.4) is 0 Å². The van der Waals surface area contributed by atoms with Gasteiger partial charge in [-0.3, -0.25) is 9.59 Å². The first-order valence-electron chi connectivity index (χ1n) is 6.22. The molecule has 4 nitrogen and oxygen atoms in total. The summed E-state index contributed by atoms with van der Waals surface area (Å²) in [6, 6.07) is 12.2. The van der Waals surface area contributed by atoms with E-state index in [1.165, 1.54) is 6.08 Å². The number of hydrogen-bond acceptors (Lipinski definition) is 4. The summed E-state index contributed by atoms with van der Waals surface area (Å²) in [5.74, 6) is -0.465. The molecule has 0 aliphatic carbocycles. The molecule has 1 N–H and O–H groups in total. The lowest BCUT2D eigenvalue weighted by Gasteiger charge is -2.03. The molecule has 1 aromatic heterocycles. The van der Waals surface area contributed by atoms with Crippen molar-refractivity contribution >= 4 is 34.8 Å². The zero-order chi connectivity index (χ0) is 15.1. The molecule has 5 heteroatoms. The Balaban J connectivity index is 2.00. The summed E-state index contributed by atoms with van der Waals surface area (Å²) >= 11 is 1.56. The number of nitriles is 1. The van der Waals surface area contributed by atoms with Gasteiger partial charge in [0.1, 0.15) is 6.42 Å². The van der Waals surface area contributed by atoms with Crippen molar-refractivity contribution in [2.45, 2.75) is 6.42 Å². The van der Waals surface area contributed by atoms with Crippen molar-refractivity contribution in [2.24, 2.45) is 0 Å². The number of ketones is 1. The number of nitrogens with zero attached hydrogens (tertiary/aromatic N) is 1. The Morgan fingerprint density at radius 2 is 2.00 bits per heavy atom. The lowest BCUT2D eigenvalue weighted by Crippen LogP contribution is -2.10. The van der Waals surface area contributed by atoms with Crippen molar-refractivity contribution < 1.29 is 9.59 Å². The molecule has 0 saturated heterocycles. The maximum atomic E-state index is 12.0. The van der Waals surface area contributed by atoms with E-state index in [2.05, 4.69) is 5.32 Å². The Morgan fingerprint density at radius 1 is 1.24 bits per heavy atom. The zero-order valence-electron chi connectivity index (χ0n) is 11.1. The molecule has 1 aromatic carbocycles. The highest BCUT2D eigenvalue weighted by Crippen LogP contribution is 2.13. The van der Waals surface area contributed by atoms with E-state index in [9.17, 15) is 9.59 Å². The minimum Gasteiger partial charge on any atom is -0.325 e. The highest BCUT2D eigenvalue weighted by Gasteiger charge is 2.04.